The second-order valence-corrected chi connectivity index (χ2v) is 7.93. The Hall–Kier alpha value is -3.13. The summed E-state index contributed by atoms with van der Waals surface area (Å²) in [6.07, 6.45) is 2.18. The Bertz CT molecular complexity index is 1260. The number of pyridine rings is 1. The van der Waals surface area contributed by atoms with E-state index < -0.39 is 0 Å². The van der Waals surface area contributed by atoms with Gasteiger partial charge in [-0.25, -0.2) is 9.37 Å². The van der Waals surface area contributed by atoms with E-state index in [9.17, 15) is 4.39 Å². The third-order valence-corrected chi connectivity index (χ3v) is 6.20. The van der Waals surface area contributed by atoms with Crippen molar-refractivity contribution in [1.82, 2.24) is 14.5 Å². The zero-order valence-electron chi connectivity index (χ0n) is 16.8. The molecule has 0 atom stereocenters. The Morgan fingerprint density at radius 3 is 2.80 bits per heavy atom. The maximum absolute atomic E-state index is 13.9. The Morgan fingerprint density at radius 2 is 1.93 bits per heavy atom. The summed E-state index contributed by atoms with van der Waals surface area (Å²) in [5.41, 5.74) is 5.96. The molecular formula is C22H22FN5O2. The Morgan fingerprint density at radius 1 is 1.07 bits per heavy atom. The lowest BCUT2D eigenvalue weighted by Gasteiger charge is -2.29. The van der Waals surface area contributed by atoms with Crippen molar-refractivity contribution in [2.45, 2.75) is 13.0 Å². The largest absolute Gasteiger partial charge is 0.423 e. The van der Waals surface area contributed by atoms with E-state index in [1.54, 1.807) is 6.07 Å². The summed E-state index contributed by atoms with van der Waals surface area (Å²) >= 11 is 0. The molecule has 0 unspecified atom stereocenters. The number of oxazole rings is 1. The van der Waals surface area contributed by atoms with E-state index in [2.05, 4.69) is 31.5 Å². The second-order valence-electron chi connectivity index (χ2n) is 7.93. The molecule has 5 heterocycles. The Kier molecular flexibility index (Phi) is 3.95. The lowest BCUT2D eigenvalue weighted by molar-refractivity contribution is 0.120. The summed E-state index contributed by atoms with van der Waals surface area (Å²) in [7, 11) is 2.01. The van der Waals surface area contributed by atoms with E-state index in [-0.39, 0.29) is 5.82 Å². The van der Waals surface area contributed by atoms with Crippen LogP contribution in [0.4, 0.5) is 16.1 Å². The van der Waals surface area contributed by atoms with Crippen molar-refractivity contribution in [3.8, 4) is 0 Å². The van der Waals surface area contributed by atoms with Gasteiger partial charge < -0.3 is 23.5 Å². The number of ether oxygens (including phenoxy) is 1. The van der Waals surface area contributed by atoms with Gasteiger partial charge in [-0.1, -0.05) is 0 Å². The van der Waals surface area contributed by atoms with Crippen LogP contribution in [0.3, 0.4) is 0 Å². The molecule has 7 nitrogen and oxygen atoms in total. The monoisotopic (exact) mass is 407 g/mol. The molecule has 3 aromatic heterocycles. The number of halogens is 1. The summed E-state index contributed by atoms with van der Waals surface area (Å²) in [6.45, 7) is 4.58. The highest BCUT2D eigenvalue weighted by Crippen LogP contribution is 2.33. The Balaban J connectivity index is 1.34. The maximum atomic E-state index is 13.9. The van der Waals surface area contributed by atoms with Crippen LogP contribution >= 0.6 is 0 Å². The van der Waals surface area contributed by atoms with E-state index in [4.69, 9.17) is 14.1 Å². The molecule has 0 saturated carbocycles. The molecule has 8 heteroatoms. The van der Waals surface area contributed by atoms with Crippen LogP contribution < -0.4 is 9.80 Å². The number of rotatable bonds is 2. The predicted octanol–water partition coefficient (Wildman–Crippen LogP) is 3.25. The third kappa shape index (κ3) is 2.74. The molecule has 0 N–H and O–H groups in total. The second kappa shape index (κ2) is 6.70. The van der Waals surface area contributed by atoms with Crippen LogP contribution in [-0.4, -0.2) is 47.4 Å². The minimum absolute atomic E-state index is 0.298. The number of fused-ring (bicyclic) bond motifs is 4. The van der Waals surface area contributed by atoms with Gasteiger partial charge in [0.2, 0.25) is 0 Å². The average Bonchev–Trinajstić information content (AvgIpc) is 3.33. The first-order chi connectivity index (χ1) is 14.7. The van der Waals surface area contributed by atoms with Crippen LogP contribution in [0.1, 0.15) is 11.3 Å². The van der Waals surface area contributed by atoms with Crippen LogP contribution in [0.15, 0.2) is 34.9 Å². The van der Waals surface area contributed by atoms with E-state index in [1.807, 2.05) is 13.1 Å². The fourth-order valence-electron chi connectivity index (χ4n) is 4.62. The quantitative estimate of drug-likeness (QED) is 0.508. The first-order valence-electron chi connectivity index (χ1n) is 10.3. The summed E-state index contributed by atoms with van der Waals surface area (Å²) < 4.78 is 27.3. The molecule has 1 fully saturated rings. The lowest BCUT2D eigenvalue weighted by atomic mass is 10.0. The molecule has 2 aliphatic rings. The molecule has 0 bridgehead atoms. The van der Waals surface area contributed by atoms with Gasteiger partial charge in [0, 0.05) is 62.0 Å². The third-order valence-electron chi connectivity index (χ3n) is 6.20. The molecule has 1 aromatic carbocycles. The Labute approximate surface area is 172 Å². The van der Waals surface area contributed by atoms with Crippen LogP contribution in [-0.2, 0) is 24.8 Å². The highest BCUT2D eigenvalue weighted by atomic mass is 19.1. The predicted molar refractivity (Wildman–Crippen MR) is 112 cm³/mol. The van der Waals surface area contributed by atoms with Crippen LogP contribution in [0.2, 0.25) is 0 Å². The maximum Gasteiger partial charge on any atom is 0.298 e. The summed E-state index contributed by atoms with van der Waals surface area (Å²) in [5, 5.41) is 0.898. The van der Waals surface area contributed by atoms with Crippen LogP contribution in [0.5, 0.6) is 0 Å². The molecule has 0 aliphatic carbocycles. The van der Waals surface area contributed by atoms with Gasteiger partial charge in [0.15, 0.2) is 5.58 Å². The molecule has 0 spiro atoms. The topological polar surface area (TPSA) is 59.6 Å². The van der Waals surface area contributed by atoms with Crippen molar-refractivity contribution in [2.75, 3.05) is 42.6 Å². The van der Waals surface area contributed by atoms with Gasteiger partial charge in [-0.05, 0) is 24.3 Å². The van der Waals surface area contributed by atoms with Crippen molar-refractivity contribution in [2.24, 2.45) is 7.05 Å². The van der Waals surface area contributed by atoms with E-state index >= 15 is 0 Å². The number of hydrogen-bond acceptors (Lipinski definition) is 6. The molecule has 6 rings (SSSR count). The smallest absolute Gasteiger partial charge is 0.298 e. The van der Waals surface area contributed by atoms with Gasteiger partial charge in [-0.15, -0.1) is 0 Å². The van der Waals surface area contributed by atoms with E-state index in [1.165, 1.54) is 11.9 Å². The van der Waals surface area contributed by atoms with Crippen molar-refractivity contribution in [1.29, 1.82) is 0 Å². The lowest BCUT2D eigenvalue weighted by Crippen LogP contribution is -2.36. The van der Waals surface area contributed by atoms with E-state index in [0.717, 1.165) is 66.0 Å². The first-order valence-corrected chi connectivity index (χ1v) is 10.3. The number of benzene rings is 1. The molecule has 4 aromatic rings. The van der Waals surface area contributed by atoms with Crippen molar-refractivity contribution in [3.63, 3.8) is 0 Å². The molecular weight excluding hydrogens is 385 g/mol. The van der Waals surface area contributed by atoms with Gasteiger partial charge in [0.25, 0.3) is 6.01 Å². The van der Waals surface area contributed by atoms with Crippen molar-refractivity contribution in [3.05, 3.63) is 47.5 Å². The number of aromatic nitrogens is 3. The molecule has 0 radical (unpaired) electrons. The normalized spacial score (nSPS) is 17.1. The highest BCUT2D eigenvalue weighted by molar-refractivity contribution is 5.84. The molecule has 30 heavy (non-hydrogen) atoms. The number of hydrogen-bond donors (Lipinski definition) is 0. The van der Waals surface area contributed by atoms with Gasteiger partial charge in [-0.3, -0.25) is 0 Å². The summed E-state index contributed by atoms with van der Waals surface area (Å²) in [6, 6.07) is 8.40. The van der Waals surface area contributed by atoms with Crippen molar-refractivity contribution >= 4 is 33.8 Å². The van der Waals surface area contributed by atoms with Gasteiger partial charge in [0.1, 0.15) is 17.0 Å². The summed E-state index contributed by atoms with van der Waals surface area (Å²) in [5.74, 6) is -0.298. The van der Waals surface area contributed by atoms with Crippen LogP contribution in [0, 0.1) is 5.82 Å². The minimum atomic E-state index is -0.298. The standard InChI is InChI=1S/C22H22FN5O2/c1-26-19-4-5-28(13-17(19)16-10-14(23)12-24-21(16)26)15-2-3-20-18(11-15)25-22(30-20)27-6-8-29-9-7-27/h2-3,10-12H,4-9,13H2,1H3. The number of aryl methyl sites for hydroxylation is 1. The van der Waals surface area contributed by atoms with Crippen LogP contribution in [0.25, 0.3) is 22.1 Å². The first kappa shape index (κ1) is 17.7. The van der Waals surface area contributed by atoms with Gasteiger partial charge >= 0.3 is 0 Å². The molecule has 0 amide bonds. The number of anilines is 2. The molecule has 154 valence electrons. The fourth-order valence-corrected chi connectivity index (χ4v) is 4.62. The molecule has 2 aliphatic heterocycles. The zero-order valence-corrected chi connectivity index (χ0v) is 16.8. The summed E-state index contributed by atoms with van der Waals surface area (Å²) in [4.78, 5) is 13.5. The van der Waals surface area contributed by atoms with Gasteiger partial charge in [0.05, 0.1) is 19.4 Å². The van der Waals surface area contributed by atoms with Gasteiger partial charge in [-0.2, -0.15) is 4.98 Å². The van der Waals surface area contributed by atoms with E-state index in [0.29, 0.717) is 19.2 Å². The number of nitrogens with zero attached hydrogens (tertiary/aromatic N) is 5. The fraction of sp³-hybridized carbons (Fsp3) is 0.364. The molecule has 1 saturated heterocycles. The average molecular weight is 407 g/mol. The zero-order chi connectivity index (χ0) is 20.2. The number of morpholine rings is 1. The van der Waals surface area contributed by atoms with Crippen molar-refractivity contribution < 1.29 is 13.5 Å². The minimum Gasteiger partial charge on any atom is -0.423 e. The SMILES string of the molecule is Cn1c2c(c3cc(F)cnc31)CN(c1ccc3oc(N4CCOCC4)nc3c1)CC2. The highest BCUT2D eigenvalue weighted by Gasteiger charge is 2.25.